The van der Waals surface area contributed by atoms with E-state index in [4.69, 9.17) is 19.9 Å². The van der Waals surface area contributed by atoms with Gasteiger partial charge in [-0.2, -0.15) is 0 Å². The molecule has 1 atom stereocenters. The Balaban J connectivity index is 2.43. The number of benzene rings is 1. The van der Waals surface area contributed by atoms with Crippen LogP contribution >= 0.6 is 0 Å². The number of hydrogen-bond donors (Lipinski definition) is 2. The Hall–Kier alpha value is -1.47. The Morgan fingerprint density at radius 1 is 1.15 bits per heavy atom. The fourth-order valence-electron chi connectivity index (χ4n) is 1.60. The van der Waals surface area contributed by atoms with E-state index in [0.717, 1.165) is 0 Å². The van der Waals surface area contributed by atoms with E-state index in [1.54, 1.807) is 37.4 Å². The molecule has 1 aromatic carbocycles. The van der Waals surface area contributed by atoms with Crippen LogP contribution in [-0.4, -0.2) is 51.2 Å². The van der Waals surface area contributed by atoms with Crippen LogP contribution in [0.25, 0.3) is 0 Å². The molecule has 0 spiro atoms. The second-order valence-electron chi connectivity index (χ2n) is 4.30. The van der Waals surface area contributed by atoms with E-state index < -0.39 is 11.5 Å². The SMILES string of the molecule is COCCOCCOCC(N)(C(=O)O)c1ccccc1. The van der Waals surface area contributed by atoms with Crippen LogP contribution in [0.2, 0.25) is 0 Å². The topological polar surface area (TPSA) is 91.0 Å². The standard InChI is InChI=1S/C14H21NO5/c1-18-7-8-19-9-10-20-11-14(15,13(16)17)12-5-3-2-4-6-12/h2-6H,7-11,15H2,1H3,(H,16,17). The molecule has 0 radical (unpaired) electrons. The number of carboxylic acid groups (broad SMARTS) is 1. The number of aliphatic carboxylic acids is 1. The van der Waals surface area contributed by atoms with E-state index in [9.17, 15) is 9.90 Å². The number of carbonyl (C=O) groups is 1. The summed E-state index contributed by atoms with van der Waals surface area (Å²) < 4.78 is 15.4. The number of rotatable bonds is 10. The molecule has 1 unspecified atom stereocenters. The molecule has 0 fully saturated rings. The number of nitrogens with two attached hydrogens (primary N) is 1. The van der Waals surface area contributed by atoms with Gasteiger partial charge in [-0.3, -0.25) is 0 Å². The van der Waals surface area contributed by atoms with Gasteiger partial charge in [-0.25, -0.2) is 4.79 Å². The van der Waals surface area contributed by atoms with Crippen molar-refractivity contribution in [3.8, 4) is 0 Å². The third-order valence-electron chi connectivity index (χ3n) is 2.80. The lowest BCUT2D eigenvalue weighted by molar-refractivity contribution is -0.146. The Morgan fingerprint density at radius 3 is 2.35 bits per heavy atom. The number of carboxylic acids is 1. The Bertz CT molecular complexity index is 398. The molecular weight excluding hydrogens is 262 g/mol. The fraction of sp³-hybridized carbons (Fsp3) is 0.500. The number of ether oxygens (including phenoxy) is 3. The van der Waals surface area contributed by atoms with Crippen molar-refractivity contribution >= 4 is 5.97 Å². The molecule has 0 aliphatic heterocycles. The average Bonchev–Trinajstić information content (AvgIpc) is 2.46. The summed E-state index contributed by atoms with van der Waals surface area (Å²) in [5.41, 5.74) is 4.90. The summed E-state index contributed by atoms with van der Waals surface area (Å²) in [6.07, 6.45) is 0. The van der Waals surface area contributed by atoms with Crippen LogP contribution in [0.1, 0.15) is 5.56 Å². The highest BCUT2D eigenvalue weighted by atomic mass is 16.5. The lowest BCUT2D eigenvalue weighted by atomic mass is 9.92. The summed E-state index contributed by atoms with van der Waals surface area (Å²) in [4.78, 5) is 11.4. The maximum absolute atomic E-state index is 11.4. The predicted molar refractivity (Wildman–Crippen MR) is 73.5 cm³/mol. The summed E-state index contributed by atoms with van der Waals surface area (Å²) in [5.74, 6) is -1.12. The van der Waals surface area contributed by atoms with Crippen LogP contribution in [0.5, 0.6) is 0 Å². The van der Waals surface area contributed by atoms with Crippen LogP contribution in [0.15, 0.2) is 30.3 Å². The minimum Gasteiger partial charge on any atom is -0.480 e. The van der Waals surface area contributed by atoms with Crippen molar-refractivity contribution in [3.05, 3.63) is 35.9 Å². The quantitative estimate of drug-likeness (QED) is 0.611. The summed E-state index contributed by atoms with van der Waals surface area (Å²) in [6, 6.07) is 8.64. The molecule has 0 bridgehead atoms. The molecule has 20 heavy (non-hydrogen) atoms. The molecule has 1 aromatic rings. The van der Waals surface area contributed by atoms with Gasteiger partial charge in [-0.05, 0) is 5.56 Å². The zero-order valence-electron chi connectivity index (χ0n) is 11.6. The summed E-state index contributed by atoms with van der Waals surface area (Å²) in [7, 11) is 1.59. The number of hydrogen-bond acceptors (Lipinski definition) is 5. The molecule has 6 heteroatoms. The highest BCUT2D eigenvalue weighted by Gasteiger charge is 2.36. The molecule has 0 aromatic heterocycles. The largest absolute Gasteiger partial charge is 0.480 e. The third-order valence-corrected chi connectivity index (χ3v) is 2.80. The maximum atomic E-state index is 11.4. The van der Waals surface area contributed by atoms with Crippen LogP contribution in [-0.2, 0) is 24.5 Å². The van der Waals surface area contributed by atoms with Gasteiger partial charge in [0, 0.05) is 7.11 Å². The molecule has 112 valence electrons. The molecule has 0 aliphatic rings. The highest BCUT2D eigenvalue weighted by Crippen LogP contribution is 2.18. The first-order valence-electron chi connectivity index (χ1n) is 6.33. The van der Waals surface area contributed by atoms with Crippen molar-refractivity contribution in [2.75, 3.05) is 40.1 Å². The van der Waals surface area contributed by atoms with Gasteiger partial charge < -0.3 is 25.1 Å². The van der Waals surface area contributed by atoms with E-state index in [1.807, 2.05) is 0 Å². The molecule has 0 aliphatic carbocycles. The highest BCUT2D eigenvalue weighted by molar-refractivity contribution is 5.80. The zero-order valence-corrected chi connectivity index (χ0v) is 11.6. The Labute approximate surface area is 118 Å². The Kier molecular flexibility index (Phi) is 7.17. The van der Waals surface area contributed by atoms with Gasteiger partial charge in [-0.15, -0.1) is 0 Å². The maximum Gasteiger partial charge on any atom is 0.330 e. The lowest BCUT2D eigenvalue weighted by Gasteiger charge is -2.25. The predicted octanol–water partition coefficient (Wildman–Crippen LogP) is 0.605. The molecule has 1 rings (SSSR count). The van der Waals surface area contributed by atoms with Crippen molar-refractivity contribution in [2.24, 2.45) is 5.73 Å². The normalized spacial score (nSPS) is 13.9. The summed E-state index contributed by atoms with van der Waals surface area (Å²) >= 11 is 0. The van der Waals surface area contributed by atoms with Crippen molar-refractivity contribution < 1.29 is 24.1 Å². The van der Waals surface area contributed by atoms with Crippen LogP contribution in [0, 0.1) is 0 Å². The smallest absolute Gasteiger partial charge is 0.330 e. The third kappa shape index (κ3) is 4.90. The lowest BCUT2D eigenvalue weighted by Crippen LogP contribution is -2.49. The average molecular weight is 283 g/mol. The Morgan fingerprint density at radius 2 is 1.75 bits per heavy atom. The minimum absolute atomic E-state index is 0.111. The van der Waals surface area contributed by atoms with Crippen molar-refractivity contribution in [1.29, 1.82) is 0 Å². The molecule has 0 heterocycles. The molecule has 3 N–H and O–H groups in total. The fourth-order valence-corrected chi connectivity index (χ4v) is 1.60. The van der Waals surface area contributed by atoms with Crippen LogP contribution < -0.4 is 5.73 Å². The zero-order chi connectivity index (χ0) is 14.8. The van der Waals surface area contributed by atoms with Gasteiger partial charge in [0.1, 0.15) is 0 Å². The minimum atomic E-state index is -1.55. The van der Waals surface area contributed by atoms with E-state index in [1.165, 1.54) is 0 Å². The monoisotopic (exact) mass is 283 g/mol. The van der Waals surface area contributed by atoms with Gasteiger partial charge in [0.15, 0.2) is 5.54 Å². The van der Waals surface area contributed by atoms with Crippen LogP contribution in [0.3, 0.4) is 0 Å². The molecular formula is C14H21NO5. The first kappa shape index (κ1) is 16.6. The second kappa shape index (κ2) is 8.65. The van der Waals surface area contributed by atoms with Gasteiger partial charge in [0.05, 0.1) is 33.0 Å². The summed E-state index contributed by atoms with van der Waals surface area (Å²) in [6.45, 7) is 1.53. The van der Waals surface area contributed by atoms with Crippen molar-refractivity contribution in [3.63, 3.8) is 0 Å². The van der Waals surface area contributed by atoms with Crippen LogP contribution in [0.4, 0.5) is 0 Å². The van der Waals surface area contributed by atoms with E-state index in [0.29, 0.717) is 25.4 Å². The summed E-state index contributed by atoms with van der Waals surface area (Å²) in [5, 5.41) is 9.31. The van der Waals surface area contributed by atoms with E-state index in [-0.39, 0.29) is 13.2 Å². The first-order valence-corrected chi connectivity index (χ1v) is 6.33. The number of methoxy groups -OCH3 is 1. The van der Waals surface area contributed by atoms with Gasteiger partial charge in [0.2, 0.25) is 0 Å². The van der Waals surface area contributed by atoms with Gasteiger partial charge in [0.25, 0.3) is 0 Å². The van der Waals surface area contributed by atoms with E-state index in [2.05, 4.69) is 0 Å². The van der Waals surface area contributed by atoms with Crippen molar-refractivity contribution in [1.82, 2.24) is 0 Å². The first-order chi connectivity index (χ1) is 9.61. The van der Waals surface area contributed by atoms with Crippen molar-refractivity contribution in [2.45, 2.75) is 5.54 Å². The molecule has 0 saturated heterocycles. The molecule has 0 saturated carbocycles. The van der Waals surface area contributed by atoms with Gasteiger partial charge in [-0.1, -0.05) is 30.3 Å². The molecule has 6 nitrogen and oxygen atoms in total. The second-order valence-corrected chi connectivity index (χ2v) is 4.30. The van der Waals surface area contributed by atoms with E-state index >= 15 is 0 Å². The van der Waals surface area contributed by atoms with Gasteiger partial charge >= 0.3 is 5.97 Å². The molecule has 0 amide bonds.